The number of fused-ring (bicyclic) bond motifs is 1. The minimum atomic E-state index is -0.212. The van der Waals surface area contributed by atoms with Crippen LogP contribution in [0.3, 0.4) is 0 Å². The monoisotopic (exact) mass is 266 g/mol. The first-order chi connectivity index (χ1) is 8.72. The predicted octanol–water partition coefficient (Wildman–Crippen LogP) is 3.07. The summed E-state index contributed by atoms with van der Waals surface area (Å²) in [6, 6.07) is 8.00. The van der Waals surface area contributed by atoms with Crippen LogP contribution in [-0.4, -0.2) is 22.7 Å². The Hall–Kier alpha value is -1.03. The third-order valence-corrected chi connectivity index (χ3v) is 3.57. The zero-order valence-corrected chi connectivity index (χ0v) is 11.3. The predicted molar refractivity (Wildman–Crippen MR) is 75.9 cm³/mol. The number of aromatic nitrogens is 1. The molecule has 0 amide bonds. The lowest BCUT2D eigenvalue weighted by Crippen LogP contribution is -2.20. The second-order valence-corrected chi connectivity index (χ2v) is 4.87. The van der Waals surface area contributed by atoms with Crippen molar-refractivity contribution in [2.75, 3.05) is 6.54 Å². The van der Waals surface area contributed by atoms with Gasteiger partial charge in [0.1, 0.15) is 0 Å². The van der Waals surface area contributed by atoms with Gasteiger partial charge in [0.05, 0.1) is 11.1 Å². The highest BCUT2D eigenvalue weighted by atomic mass is 35.5. The fourth-order valence-corrected chi connectivity index (χ4v) is 2.25. The van der Waals surface area contributed by atoms with Crippen LogP contribution in [-0.2, 0) is 6.54 Å². The van der Waals surface area contributed by atoms with Gasteiger partial charge in [-0.05, 0) is 25.5 Å². The third-order valence-electron chi connectivity index (χ3n) is 3.14. The Bertz CT molecular complexity index is 509. The maximum Gasteiger partial charge on any atom is 0.0705 e. The van der Waals surface area contributed by atoms with Gasteiger partial charge < -0.3 is 15.4 Å². The van der Waals surface area contributed by atoms with Gasteiger partial charge in [-0.25, -0.2) is 0 Å². The number of aliphatic hydroxyl groups excluding tert-OH is 1. The first-order valence-electron chi connectivity index (χ1n) is 6.36. The Morgan fingerprint density at radius 2 is 2.17 bits per heavy atom. The Balaban J connectivity index is 1.94. The lowest BCUT2D eigenvalue weighted by atomic mass is 10.2. The summed E-state index contributed by atoms with van der Waals surface area (Å²) in [5.74, 6) is 0. The molecule has 0 spiro atoms. The van der Waals surface area contributed by atoms with E-state index in [2.05, 4.69) is 10.3 Å². The summed E-state index contributed by atoms with van der Waals surface area (Å²) in [5, 5.41) is 14.6. The minimum Gasteiger partial charge on any atom is -0.393 e. The van der Waals surface area contributed by atoms with E-state index in [9.17, 15) is 5.11 Å². The second kappa shape index (κ2) is 6.23. The van der Waals surface area contributed by atoms with Gasteiger partial charge in [0, 0.05) is 23.1 Å². The Morgan fingerprint density at radius 3 is 2.89 bits per heavy atom. The molecule has 0 saturated carbocycles. The number of rotatable bonds is 6. The third kappa shape index (κ3) is 3.05. The zero-order chi connectivity index (χ0) is 13.0. The lowest BCUT2D eigenvalue weighted by Gasteiger charge is -2.08. The largest absolute Gasteiger partial charge is 0.393 e. The maximum atomic E-state index is 9.45. The van der Waals surface area contributed by atoms with E-state index in [0.717, 1.165) is 41.0 Å². The number of nitrogens with one attached hydrogen (secondary N) is 2. The van der Waals surface area contributed by atoms with Crippen molar-refractivity contribution in [2.24, 2.45) is 0 Å². The number of aliphatic hydroxyl groups is 1. The molecular formula is C14H19ClN2O. The number of halogens is 1. The summed E-state index contributed by atoms with van der Waals surface area (Å²) in [6.07, 6.45) is 1.36. The van der Waals surface area contributed by atoms with Crippen LogP contribution in [0.5, 0.6) is 0 Å². The van der Waals surface area contributed by atoms with Gasteiger partial charge in [0.15, 0.2) is 0 Å². The second-order valence-electron chi connectivity index (χ2n) is 4.49. The summed E-state index contributed by atoms with van der Waals surface area (Å²) in [6.45, 7) is 3.48. The molecule has 2 aromatic rings. The molecule has 2 rings (SSSR count). The molecule has 98 valence electrons. The molecule has 1 aromatic carbocycles. The van der Waals surface area contributed by atoms with Crippen molar-refractivity contribution >= 4 is 22.5 Å². The SMILES string of the molecule is CCC(O)CCNCc1[nH]c2ccccc2c1Cl. The summed E-state index contributed by atoms with van der Waals surface area (Å²) in [7, 11) is 0. The summed E-state index contributed by atoms with van der Waals surface area (Å²) in [5.41, 5.74) is 2.07. The van der Waals surface area contributed by atoms with E-state index in [4.69, 9.17) is 11.6 Å². The van der Waals surface area contributed by atoms with Gasteiger partial charge in [0.2, 0.25) is 0 Å². The van der Waals surface area contributed by atoms with Gasteiger partial charge in [-0.15, -0.1) is 0 Å². The van der Waals surface area contributed by atoms with Crippen LogP contribution in [0.1, 0.15) is 25.5 Å². The van der Waals surface area contributed by atoms with Crippen LogP contribution < -0.4 is 5.32 Å². The Morgan fingerprint density at radius 1 is 1.39 bits per heavy atom. The quantitative estimate of drug-likeness (QED) is 0.704. The number of hydrogen-bond acceptors (Lipinski definition) is 2. The van der Waals surface area contributed by atoms with E-state index in [-0.39, 0.29) is 6.10 Å². The van der Waals surface area contributed by atoms with Crippen molar-refractivity contribution in [1.29, 1.82) is 0 Å². The molecule has 0 saturated heterocycles. The average molecular weight is 267 g/mol. The number of H-pyrrole nitrogens is 1. The van der Waals surface area contributed by atoms with E-state index in [1.54, 1.807) is 0 Å². The fourth-order valence-electron chi connectivity index (χ4n) is 1.97. The van der Waals surface area contributed by atoms with Crippen LogP contribution in [0.4, 0.5) is 0 Å². The molecule has 0 fully saturated rings. The number of hydrogen-bond donors (Lipinski definition) is 3. The highest BCUT2D eigenvalue weighted by Gasteiger charge is 2.08. The molecule has 18 heavy (non-hydrogen) atoms. The molecular weight excluding hydrogens is 248 g/mol. The van der Waals surface area contributed by atoms with Gasteiger partial charge in [-0.1, -0.05) is 36.7 Å². The van der Waals surface area contributed by atoms with Gasteiger partial charge in [-0.2, -0.15) is 0 Å². The van der Waals surface area contributed by atoms with Crippen molar-refractivity contribution in [3.05, 3.63) is 35.0 Å². The standard InChI is InChI=1S/C14H19ClN2O/c1-2-10(18)7-8-16-9-13-14(15)11-5-3-4-6-12(11)17-13/h3-6,10,16-18H,2,7-9H2,1H3. The lowest BCUT2D eigenvalue weighted by molar-refractivity contribution is 0.159. The van der Waals surface area contributed by atoms with Crippen molar-refractivity contribution in [3.63, 3.8) is 0 Å². The van der Waals surface area contributed by atoms with Gasteiger partial charge >= 0.3 is 0 Å². The van der Waals surface area contributed by atoms with Crippen LogP contribution in [0.15, 0.2) is 24.3 Å². The maximum absolute atomic E-state index is 9.45. The Kier molecular flexibility index (Phi) is 4.64. The molecule has 1 atom stereocenters. The summed E-state index contributed by atoms with van der Waals surface area (Å²) >= 11 is 6.31. The molecule has 4 heteroatoms. The van der Waals surface area contributed by atoms with Crippen LogP contribution in [0.25, 0.3) is 10.9 Å². The number of para-hydroxylation sites is 1. The normalized spacial score (nSPS) is 13.1. The van der Waals surface area contributed by atoms with Crippen molar-refractivity contribution < 1.29 is 5.11 Å². The van der Waals surface area contributed by atoms with Crippen LogP contribution in [0, 0.1) is 0 Å². The van der Waals surface area contributed by atoms with E-state index in [0.29, 0.717) is 6.54 Å². The molecule has 0 bridgehead atoms. The average Bonchev–Trinajstić information content (AvgIpc) is 2.72. The molecule has 1 aromatic heterocycles. The topological polar surface area (TPSA) is 48.0 Å². The first kappa shape index (κ1) is 13.4. The summed E-state index contributed by atoms with van der Waals surface area (Å²) < 4.78 is 0. The Labute approximate surface area is 112 Å². The highest BCUT2D eigenvalue weighted by Crippen LogP contribution is 2.26. The van der Waals surface area contributed by atoms with Gasteiger partial charge in [0.25, 0.3) is 0 Å². The van der Waals surface area contributed by atoms with Crippen molar-refractivity contribution in [2.45, 2.75) is 32.4 Å². The van der Waals surface area contributed by atoms with Crippen LogP contribution in [0.2, 0.25) is 5.02 Å². The minimum absolute atomic E-state index is 0.212. The van der Waals surface area contributed by atoms with Crippen molar-refractivity contribution in [1.82, 2.24) is 10.3 Å². The fraction of sp³-hybridized carbons (Fsp3) is 0.429. The molecule has 0 aliphatic heterocycles. The van der Waals surface area contributed by atoms with E-state index in [1.165, 1.54) is 0 Å². The molecule has 0 aliphatic carbocycles. The zero-order valence-electron chi connectivity index (χ0n) is 10.5. The first-order valence-corrected chi connectivity index (χ1v) is 6.74. The highest BCUT2D eigenvalue weighted by molar-refractivity contribution is 6.36. The molecule has 3 N–H and O–H groups in total. The molecule has 0 radical (unpaired) electrons. The molecule has 0 aliphatic rings. The van der Waals surface area contributed by atoms with E-state index < -0.39 is 0 Å². The molecule has 3 nitrogen and oxygen atoms in total. The smallest absolute Gasteiger partial charge is 0.0705 e. The van der Waals surface area contributed by atoms with Crippen LogP contribution >= 0.6 is 11.6 Å². The number of benzene rings is 1. The molecule has 1 unspecified atom stereocenters. The van der Waals surface area contributed by atoms with E-state index in [1.807, 2.05) is 31.2 Å². The summed E-state index contributed by atoms with van der Waals surface area (Å²) in [4.78, 5) is 3.31. The van der Waals surface area contributed by atoms with Crippen molar-refractivity contribution in [3.8, 4) is 0 Å². The molecule has 1 heterocycles. The van der Waals surface area contributed by atoms with Gasteiger partial charge in [-0.3, -0.25) is 0 Å². The number of aromatic amines is 1. The van der Waals surface area contributed by atoms with E-state index >= 15 is 0 Å².